The maximum atomic E-state index is 13.5. The van der Waals surface area contributed by atoms with E-state index in [1.54, 1.807) is 12.0 Å². The number of nitrogens with zero attached hydrogens (tertiary/aromatic N) is 1. The van der Waals surface area contributed by atoms with Gasteiger partial charge in [-0.3, -0.25) is 9.59 Å². The highest BCUT2D eigenvalue weighted by molar-refractivity contribution is 6.11. The van der Waals surface area contributed by atoms with Gasteiger partial charge in [0.1, 0.15) is 11.9 Å². The lowest BCUT2D eigenvalue weighted by Gasteiger charge is -2.35. The summed E-state index contributed by atoms with van der Waals surface area (Å²) in [5.74, 6) is 0.869. The first-order valence-corrected chi connectivity index (χ1v) is 11.1. The van der Waals surface area contributed by atoms with Gasteiger partial charge in [0.05, 0.1) is 24.1 Å². The number of hydrogen-bond acceptors (Lipinski definition) is 5. The highest BCUT2D eigenvalue weighted by atomic mass is 16.5. The van der Waals surface area contributed by atoms with Crippen molar-refractivity contribution in [2.24, 2.45) is 5.92 Å². The van der Waals surface area contributed by atoms with E-state index in [-0.39, 0.29) is 29.5 Å². The normalized spacial score (nSPS) is 25.8. The van der Waals surface area contributed by atoms with E-state index in [1.165, 1.54) is 0 Å². The van der Waals surface area contributed by atoms with Crippen molar-refractivity contribution in [3.8, 4) is 5.75 Å². The fraction of sp³-hybridized carbons (Fsp3) is 0.583. The number of ketones is 1. The van der Waals surface area contributed by atoms with Crippen molar-refractivity contribution in [3.63, 3.8) is 0 Å². The third kappa shape index (κ3) is 3.85. The average Bonchev–Trinajstić information content (AvgIpc) is 3.05. The summed E-state index contributed by atoms with van der Waals surface area (Å²) in [6.07, 6.45) is 5.27. The number of carbonyl (C=O) groups excluding carboxylic acids is 2. The Morgan fingerprint density at radius 1 is 1.10 bits per heavy atom. The largest absolute Gasteiger partial charge is 0.494 e. The molecule has 0 saturated heterocycles. The van der Waals surface area contributed by atoms with Gasteiger partial charge in [-0.25, -0.2) is 0 Å². The van der Waals surface area contributed by atoms with Gasteiger partial charge in [-0.1, -0.05) is 25.5 Å². The average molecular weight is 414 g/mol. The lowest BCUT2D eigenvalue weighted by atomic mass is 9.77. The molecule has 162 valence electrons. The van der Waals surface area contributed by atoms with Gasteiger partial charge < -0.3 is 19.1 Å². The van der Waals surface area contributed by atoms with Crippen LogP contribution in [0.25, 0.3) is 0 Å². The van der Waals surface area contributed by atoms with E-state index in [4.69, 9.17) is 14.2 Å². The van der Waals surface area contributed by atoms with Crippen LogP contribution in [0.3, 0.4) is 0 Å². The van der Waals surface area contributed by atoms with Gasteiger partial charge in [0.15, 0.2) is 11.5 Å². The van der Waals surface area contributed by atoms with Crippen molar-refractivity contribution in [2.75, 3.05) is 26.9 Å². The number of rotatable bonds is 8. The van der Waals surface area contributed by atoms with Crippen LogP contribution in [0, 0.1) is 5.92 Å². The maximum absolute atomic E-state index is 13.5. The number of ether oxygens (including phenoxy) is 3. The molecule has 4 rings (SSSR count). The van der Waals surface area contributed by atoms with Crippen molar-refractivity contribution in [1.29, 1.82) is 0 Å². The van der Waals surface area contributed by atoms with E-state index in [9.17, 15) is 9.59 Å². The van der Waals surface area contributed by atoms with Gasteiger partial charge in [0.25, 0.3) is 5.91 Å². The molecule has 30 heavy (non-hydrogen) atoms. The number of methoxy groups -OCH3 is 1. The van der Waals surface area contributed by atoms with Gasteiger partial charge in [0.2, 0.25) is 0 Å². The highest BCUT2D eigenvalue weighted by Crippen LogP contribution is 2.46. The van der Waals surface area contributed by atoms with E-state index in [1.807, 2.05) is 24.3 Å². The molecule has 3 aliphatic rings. The lowest BCUT2D eigenvalue weighted by Crippen LogP contribution is -2.39. The quantitative estimate of drug-likeness (QED) is 0.607. The summed E-state index contributed by atoms with van der Waals surface area (Å²) in [5, 5.41) is 0. The standard InChI is InChI=1S/C24H31NO5/c1-3-14-29-17-11-9-16(10-12-17)21-20-22(26)18-7-4-5-8-19(18)30-23(20)24(27)25(21)13-6-15-28-2/h9-12,18-19,21H,3-8,13-15H2,1-2H3. The van der Waals surface area contributed by atoms with E-state index >= 15 is 0 Å². The number of fused-ring (bicyclic) bond motifs is 1. The van der Waals surface area contributed by atoms with Crippen LogP contribution in [-0.4, -0.2) is 49.6 Å². The molecule has 0 bridgehead atoms. The second kappa shape index (κ2) is 9.21. The van der Waals surface area contributed by atoms with Crippen LogP contribution in [0.15, 0.2) is 35.6 Å². The topological polar surface area (TPSA) is 65.1 Å². The summed E-state index contributed by atoms with van der Waals surface area (Å²) >= 11 is 0. The molecular formula is C24H31NO5. The second-order valence-corrected chi connectivity index (χ2v) is 8.32. The molecule has 3 atom stereocenters. The second-order valence-electron chi connectivity index (χ2n) is 8.32. The Kier molecular flexibility index (Phi) is 6.42. The number of carbonyl (C=O) groups is 2. The first kappa shape index (κ1) is 20.9. The number of Topliss-reactive ketones (excluding diaryl/α,β-unsaturated/α-hetero) is 1. The summed E-state index contributed by atoms with van der Waals surface area (Å²) < 4.78 is 17.1. The Balaban J connectivity index is 1.67. The fourth-order valence-corrected chi connectivity index (χ4v) is 4.82. The molecule has 1 saturated carbocycles. The first-order chi connectivity index (χ1) is 14.7. The Labute approximate surface area is 178 Å². The zero-order valence-corrected chi connectivity index (χ0v) is 17.9. The lowest BCUT2D eigenvalue weighted by molar-refractivity contribution is -0.135. The number of benzene rings is 1. The van der Waals surface area contributed by atoms with Crippen molar-refractivity contribution >= 4 is 11.7 Å². The van der Waals surface area contributed by atoms with Gasteiger partial charge in [0, 0.05) is 20.3 Å². The van der Waals surface area contributed by atoms with Crippen LogP contribution in [0.2, 0.25) is 0 Å². The van der Waals surface area contributed by atoms with Crippen molar-refractivity contribution < 1.29 is 23.8 Å². The summed E-state index contributed by atoms with van der Waals surface area (Å²) in [4.78, 5) is 28.5. The van der Waals surface area contributed by atoms with Crippen LogP contribution in [0.1, 0.15) is 57.1 Å². The van der Waals surface area contributed by atoms with E-state index in [2.05, 4.69) is 6.92 Å². The molecule has 3 unspecified atom stereocenters. The molecule has 1 fully saturated rings. The number of hydrogen-bond donors (Lipinski definition) is 0. The van der Waals surface area contributed by atoms with Gasteiger partial charge in [-0.15, -0.1) is 0 Å². The Hall–Kier alpha value is -2.34. The molecule has 2 heterocycles. The van der Waals surface area contributed by atoms with Crippen LogP contribution in [0.5, 0.6) is 5.75 Å². The first-order valence-electron chi connectivity index (χ1n) is 11.1. The van der Waals surface area contributed by atoms with Crippen molar-refractivity contribution in [2.45, 2.75) is 57.6 Å². The molecule has 1 aromatic rings. The Morgan fingerprint density at radius 3 is 2.60 bits per heavy atom. The minimum Gasteiger partial charge on any atom is -0.494 e. The minimum atomic E-state index is -0.403. The summed E-state index contributed by atoms with van der Waals surface area (Å²) in [6.45, 7) is 3.81. The van der Waals surface area contributed by atoms with Crippen molar-refractivity contribution in [3.05, 3.63) is 41.2 Å². The molecule has 1 aliphatic carbocycles. The van der Waals surface area contributed by atoms with E-state index < -0.39 is 6.04 Å². The monoisotopic (exact) mass is 413 g/mol. The molecule has 0 aromatic heterocycles. The highest BCUT2D eigenvalue weighted by Gasteiger charge is 2.51. The van der Waals surface area contributed by atoms with Gasteiger partial charge in [-0.05, 0) is 49.8 Å². The summed E-state index contributed by atoms with van der Waals surface area (Å²) in [6, 6.07) is 7.35. The molecule has 0 N–H and O–H groups in total. The Morgan fingerprint density at radius 2 is 1.87 bits per heavy atom. The molecule has 0 spiro atoms. The SMILES string of the molecule is CCCOc1ccc(C2C3=C(OC4CCCCC4C3=O)C(=O)N2CCCOC)cc1. The van der Waals surface area contributed by atoms with Gasteiger partial charge in [-0.2, -0.15) is 0 Å². The zero-order chi connectivity index (χ0) is 21.1. The fourth-order valence-electron chi connectivity index (χ4n) is 4.82. The molecule has 1 amide bonds. The van der Waals surface area contributed by atoms with Crippen molar-refractivity contribution in [1.82, 2.24) is 4.90 Å². The maximum Gasteiger partial charge on any atom is 0.290 e. The molecular weight excluding hydrogens is 382 g/mol. The van der Waals surface area contributed by atoms with Crippen LogP contribution in [0.4, 0.5) is 0 Å². The molecule has 1 aromatic carbocycles. The summed E-state index contributed by atoms with van der Waals surface area (Å²) in [7, 11) is 1.65. The van der Waals surface area contributed by atoms with Crippen LogP contribution in [-0.2, 0) is 19.1 Å². The van der Waals surface area contributed by atoms with Gasteiger partial charge >= 0.3 is 0 Å². The zero-order valence-electron chi connectivity index (χ0n) is 17.9. The molecule has 0 radical (unpaired) electrons. The molecule has 2 aliphatic heterocycles. The van der Waals surface area contributed by atoms with E-state index in [0.717, 1.165) is 43.4 Å². The van der Waals surface area contributed by atoms with E-state index in [0.29, 0.717) is 31.8 Å². The molecule has 6 nitrogen and oxygen atoms in total. The minimum absolute atomic E-state index is 0.0971. The molecule has 6 heteroatoms. The van der Waals surface area contributed by atoms with Crippen LogP contribution >= 0.6 is 0 Å². The Bertz CT molecular complexity index is 815. The predicted octanol–water partition coefficient (Wildman–Crippen LogP) is 3.81. The number of amides is 1. The summed E-state index contributed by atoms with van der Waals surface area (Å²) in [5.41, 5.74) is 1.46. The third-order valence-electron chi connectivity index (χ3n) is 6.28. The van der Waals surface area contributed by atoms with Crippen LogP contribution < -0.4 is 4.74 Å². The smallest absolute Gasteiger partial charge is 0.290 e. The predicted molar refractivity (Wildman–Crippen MR) is 112 cm³/mol. The third-order valence-corrected chi connectivity index (χ3v) is 6.28.